The molecule has 23 heavy (non-hydrogen) atoms. The third kappa shape index (κ3) is 3.77. The summed E-state index contributed by atoms with van der Waals surface area (Å²) in [6.07, 6.45) is 1.11. The summed E-state index contributed by atoms with van der Waals surface area (Å²) in [4.78, 5) is 11.1. The highest BCUT2D eigenvalue weighted by Gasteiger charge is 2.28. The Morgan fingerprint density at radius 1 is 1.30 bits per heavy atom. The van der Waals surface area contributed by atoms with Gasteiger partial charge in [0.2, 0.25) is 0 Å². The Balaban J connectivity index is 2.42. The molecule has 0 saturated carbocycles. The van der Waals surface area contributed by atoms with Gasteiger partial charge in [-0.2, -0.15) is 5.10 Å². The molecule has 0 radical (unpaired) electrons. The van der Waals surface area contributed by atoms with E-state index in [-0.39, 0.29) is 11.4 Å². The molecule has 1 aromatic heterocycles. The first-order valence-electron chi connectivity index (χ1n) is 7.00. The summed E-state index contributed by atoms with van der Waals surface area (Å²) in [5, 5.41) is 13.1. The number of rotatable bonds is 6. The number of carboxylic acids is 1. The molecule has 2 N–H and O–H groups in total. The van der Waals surface area contributed by atoms with Crippen molar-refractivity contribution < 1.29 is 18.3 Å². The van der Waals surface area contributed by atoms with Crippen LogP contribution in [-0.4, -0.2) is 29.3 Å². The molecule has 2 rings (SSSR count). The van der Waals surface area contributed by atoms with Gasteiger partial charge >= 0.3 is 5.97 Å². The number of carboxylic acid groups (broad SMARTS) is 1. The van der Waals surface area contributed by atoms with Crippen molar-refractivity contribution in [2.24, 2.45) is 7.05 Å². The molecule has 0 aliphatic rings. The predicted octanol–water partition coefficient (Wildman–Crippen LogP) is 1.53. The van der Waals surface area contributed by atoms with Crippen LogP contribution in [0.2, 0.25) is 0 Å². The van der Waals surface area contributed by atoms with E-state index in [0.29, 0.717) is 11.1 Å². The Hall–Kier alpha value is -2.19. The van der Waals surface area contributed by atoms with Crippen LogP contribution >= 0.6 is 0 Å². The van der Waals surface area contributed by atoms with Crippen LogP contribution in [-0.2, 0) is 21.9 Å². The average Bonchev–Trinajstić information content (AvgIpc) is 2.77. The molecule has 0 amide bonds. The number of aryl methyl sites for hydroxylation is 3. The first kappa shape index (κ1) is 17.2. The summed E-state index contributed by atoms with van der Waals surface area (Å²) in [6.45, 7) is 3.45. The molecule has 1 heterocycles. The standard InChI is InChI=1S/C15H19N3O4S/c1-10-6-4-5-7-12(10)13(8-14(19)20)17-23(21,22)15-11(2)9-16-18(15)3/h4-7,9,13,17H,8H2,1-3H3,(H,19,20). The highest BCUT2D eigenvalue weighted by atomic mass is 32.2. The van der Waals surface area contributed by atoms with Crippen LogP contribution in [0.5, 0.6) is 0 Å². The molecule has 0 saturated heterocycles. The van der Waals surface area contributed by atoms with Gasteiger partial charge < -0.3 is 5.11 Å². The summed E-state index contributed by atoms with van der Waals surface area (Å²) in [6, 6.07) is 6.25. The molecule has 0 fully saturated rings. The van der Waals surface area contributed by atoms with Crippen molar-refractivity contribution in [1.29, 1.82) is 0 Å². The van der Waals surface area contributed by atoms with E-state index in [1.54, 1.807) is 19.1 Å². The Bertz CT molecular complexity index is 807. The lowest BCUT2D eigenvalue weighted by atomic mass is 10.00. The number of nitrogens with one attached hydrogen (secondary N) is 1. The number of aliphatic carboxylic acids is 1. The van der Waals surface area contributed by atoms with Gasteiger partial charge in [-0.25, -0.2) is 13.1 Å². The minimum absolute atomic E-state index is 0.0291. The first-order chi connectivity index (χ1) is 10.7. The maximum Gasteiger partial charge on any atom is 0.305 e. The molecule has 0 aliphatic heterocycles. The van der Waals surface area contributed by atoms with Gasteiger partial charge in [-0.3, -0.25) is 9.48 Å². The zero-order chi connectivity index (χ0) is 17.2. The Kier molecular flexibility index (Phi) is 4.86. The summed E-state index contributed by atoms with van der Waals surface area (Å²) in [5.74, 6) is -1.08. The van der Waals surface area contributed by atoms with Crippen LogP contribution in [0.4, 0.5) is 0 Å². The summed E-state index contributed by atoms with van der Waals surface area (Å²) in [5.41, 5.74) is 1.96. The van der Waals surface area contributed by atoms with E-state index in [0.717, 1.165) is 5.56 Å². The molecule has 1 unspecified atom stereocenters. The van der Waals surface area contributed by atoms with E-state index in [2.05, 4.69) is 9.82 Å². The lowest BCUT2D eigenvalue weighted by molar-refractivity contribution is -0.137. The number of benzene rings is 1. The molecule has 8 heteroatoms. The smallest absolute Gasteiger partial charge is 0.305 e. The normalized spacial score (nSPS) is 13.0. The van der Waals surface area contributed by atoms with Crippen molar-refractivity contribution >= 4 is 16.0 Å². The Morgan fingerprint density at radius 2 is 1.96 bits per heavy atom. The fraction of sp³-hybridized carbons (Fsp3) is 0.333. The molecule has 0 bridgehead atoms. The van der Waals surface area contributed by atoms with Gasteiger partial charge in [-0.1, -0.05) is 24.3 Å². The van der Waals surface area contributed by atoms with Gasteiger partial charge in [0.05, 0.1) is 18.7 Å². The molecule has 1 atom stereocenters. The quantitative estimate of drug-likeness (QED) is 0.832. The van der Waals surface area contributed by atoms with Crippen molar-refractivity contribution in [3.63, 3.8) is 0 Å². The summed E-state index contributed by atoms with van der Waals surface area (Å²) < 4.78 is 29.0. The summed E-state index contributed by atoms with van der Waals surface area (Å²) >= 11 is 0. The SMILES string of the molecule is Cc1ccccc1C(CC(=O)O)NS(=O)(=O)c1c(C)cnn1C. The minimum Gasteiger partial charge on any atom is -0.481 e. The van der Waals surface area contributed by atoms with E-state index in [9.17, 15) is 13.2 Å². The van der Waals surface area contributed by atoms with Crippen molar-refractivity contribution in [3.05, 3.63) is 47.2 Å². The van der Waals surface area contributed by atoms with Gasteiger partial charge in [0.15, 0.2) is 5.03 Å². The van der Waals surface area contributed by atoms with Crippen molar-refractivity contribution in [2.75, 3.05) is 0 Å². The van der Waals surface area contributed by atoms with Crippen LogP contribution in [0.25, 0.3) is 0 Å². The number of nitrogens with zero attached hydrogens (tertiary/aromatic N) is 2. The molecule has 0 aliphatic carbocycles. The fourth-order valence-corrected chi connectivity index (χ4v) is 4.10. The van der Waals surface area contributed by atoms with E-state index < -0.39 is 22.0 Å². The zero-order valence-corrected chi connectivity index (χ0v) is 14.0. The van der Waals surface area contributed by atoms with Crippen LogP contribution in [0.1, 0.15) is 29.2 Å². The van der Waals surface area contributed by atoms with Crippen LogP contribution in [0.3, 0.4) is 0 Å². The van der Waals surface area contributed by atoms with E-state index in [1.165, 1.54) is 17.9 Å². The number of sulfonamides is 1. The van der Waals surface area contributed by atoms with E-state index in [4.69, 9.17) is 5.11 Å². The molecule has 1 aromatic carbocycles. The van der Waals surface area contributed by atoms with Gasteiger partial charge in [-0.15, -0.1) is 0 Å². The van der Waals surface area contributed by atoms with Gasteiger partial charge in [0, 0.05) is 12.6 Å². The second-order valence-electron chi connectivity index (χ2n) is 5.38. The zero-order valence-electron chi connectivity index (χ0n) is 13.1. The van der Waals surface area contributed by atoms with Crippen LogP contribution in [0.15, 0.2) is 35.5 Å². The molecule has 7 nitrogen and oxygen atoms in total. The minimum atomic E-state index is -3.90. The third-order valence-corrected chi connectivity index (χ3v) is 5.24. The first-order valence-corrected chi connectivity index (χ1v) is 8.49. The van der Waals surface area contributed by atoms with Gasteiger partial charge in [0.1, 0.15) is 0 Å². The number of aromatic nitrogens is 2. The Labute approximate surface area is 135 Å². The van der Waals surface area contributed by atoms with Gasteiger partial charge in [0.25, 0.3) is 10.0 Å². The number of carbonyl (C=O) groups is 1. The Morgan fingerprint density at radius 3 is 2.48 bits per heavy atom. The van der Waals surface area contributed by atoms with Crippen LogP contribution in [0, 0.1) is 13.8 Å². The molecular formula is C15H19N3O4S. The van der Waals surface area contributed by atoms with Crippen molar-refractivity contribution in [1.82, 2.24) is 14.5 Å². The van der Waals surface area contributed by atoms with Crippen molar-refractivity contribution in [3.8, 4) is 0 Å². The van der Waals surface area contributed by atoms with Crippen molar-refractivity contribution in [2.45, 2.75) is 31.3 Å². The third-order valence-electron chi connectivity index (χ3n) is 3.55. The molecule has 124 valence electrons. The lowest BCUT2D eigenvalue weighted by Crippen LogP contribution is -2.32. The lowest BCUT2D eigenvalue weighted by Gasteiger charge is -2.19. The average molecular weight is 337 g/mol. The van der Waals surface area contributed by atoms with Crippen LogP contribution < -0.4 is 4.72 Å². The van der Waals surface area contributed by atoms with E-state index >= 15 is 0 Å². The highest BCUT2D eigenvalue weighted by molar-refractivity contribution is 7.89. The number of hydrogen-bond acceptors (Lipinski definition) is 4. The molecule has 2 aromatic rings. The van der Waals surface area contributed by atoms with Gasteiger partial charge in [-0.05, 0) is 25.0 Å². The second kappa shape index (κ2) is 6.51. The maximum absolute atomic E-state index is 12.6. The predicted molar refractivity (Wildman–Crippen MR) is 84.4 cm³/mol. The number of hydrogen-bond donors (Lipinski definition) is 2. The maximum atomic E-state index is 12.6. The molecular weight excluding hydrogens is 318 g/mol. The largest absolute Gasteiger partial charge is 0.481 e. The summed E-state index contributed by atoms with van der Waals surface area (Å²) in [7, 11) is -2.37. The topological polar surface area (TPSA) is 101 Å². The fourth-order valence-electron chi connectivity index (χ4n) is 2.53. The second-order valence-corrected chi connectivity index (χ2v) is 7.01. The highest BCUT2D eigenvalue weighted by Crippen LogP contribution is 2.24. The monoisotopic (exact) mass is 337 g/mol. The molecule has 0 spiro atoms. The van der Waals surface area contributed by atoms with E-state index in [1.807, 2.05) is 19.1 Å².